The molecule has 4 nitrogen and oxygen atoms in total. The zero-order valence-electron chi connectivity index (χ0n) is 10.8. The molecule has 0 saturated carbocycles. The molecule has 0 aliphatic rings. The Kier molecular flexibility index (Phi) is 7.61. The van der Waals surface area contributed by atoms with Gasteiger partial charge in [-0.15, -0.1) is 34.8 Å². The van der Waals surface area contributed by atoms with Gasteiger partial charge in [0, 0.05) is 17.6 Å². The molecule has 0 radical (unpaired) electrons. The summed E-state index contributed by atoms with van der Waals surface area (Å²) in [5.41, 5.74) is 2.70. The number of hydrogen-bond acceptors (Lipinski definition) is 4. The number of aryl methyl sites for hydroxylation is 1. The number of alkyl halides is 3. The largest absolute Gasteiger partial charge is 0.741 e. The summed E-state index contributed by atoms with van der Waals surface area (Å²) in [5.74, 6) is 1.44. The van der Waals surface area contributed by atoms with E-state index in [2.05, 4.69) is 0 Å². The summed E-state index contributed by atoms with van der Waals surface area (Å²) in [7, 11) is -4.64. The quantitative estimate of drug-likeness (QED) is 0.489. The predicted molar refractivity (Wildman–Crippen MR) is 82.8 cm³/mol. The molecule has 1 aromatic rings. The van der Waals surface area contributed by atoms with Gasteiger partial charge in [0.25, 0.3) is 0 Å². The maximum absolute atomic E-state index is 9.10. The van der Waals surface area contributed by atoms with Gasteiger partial charge in [0.1, 0.15) is 5.75 Å². The molecule has 114 valence electrons. The van der Waals surface area contributed by atoms with Crippen LogP contribution in [0.5, 0.6) is 5.75 Å². The lowest BCUT2D eigenvalue weighted by Crippen LogP contribution is -2.42. The fourth-order valence-corrected chi connectivity index (χ4v) is 3.14. The van der Waals surface area contributed by atoms with Crippen molar-refractivity contribution in [2.45, 2.75) is 19.3 Å². The molecule has 0 spiro atoms. The Morgan fingerprint density at radius 3 is 1.90 bits per heavy atom. The number of rotatable bonds is 8. The van der Waals surface area contributed by atoms with Crippen LogP contribution in [0.15, 0.2) is 12.1 Å². The van der Waals surface area contributed by atoms with Gasteiger partial charge in [-0.3, -0.25) is 0 Å². The molecule has 8 heteroatoms. The Morgan fingerprint density at radius 1 is 0.850 bits per heavy atom. The van der Waals surface area contributed by atoms with Crippen molar-refractivity contribution in [2.24, 2.45) is 0 Å². The van der Waals surface area contributed by atoms with E-state index in [4.69, 9.17) is 53.6 Å². The van der Waals surface area contributed by atoms with Crippen molar-refractivity contribution in [3.8, 4) is 5.75 Å². The fraction of sp³-hybridized carbons (Fsp3) is 0.500. The van der Waals surface area contributed by atoms with E-state index in [9.17, 15) is 0 Å². The Morgan fingerprint density at radius 2 is 1.40 bits per heavy atom. The Hall–Kier alpha value is -0.0131. The number of halogens is 3. The van der Waals surface area contributed by atoms with E-state index >= 15 is 0 Å². The number of benzene rings is 1. The van der Waals surface area contributed by atoms with Gasteiger partial charge in [0.15, 0.2) is 0 Å². The first-order chi connectivity index (χ1) is 9.42. The van der Waals surface area contributed by atoms with Crippen molar-refractivity contribution in [3.63, 3.8) is 0 Å². The fourth-order valence-electron chi connectivity index (χ4n) is 2.07. The van der Waals surface area contributed by atoms with E-state index in [1.54, 1.807) is 12.1 Å². The van der Waals surface area contributed by atoms with Crippen LogP contribution in [0.2, 0.25) is 0 Å². The van der Waals surface area contributed by atoms with Crippen LogP contribution in [0, 0.1) is 0 Å². The topological polar surface area (TPSA) is 69.9 Å². The van der Waals surface area contributed by atoms with Crippen LogP contribution in [0.4, 0.5) is 0 Å². The molecule has 0 atom stereocenters. The van der Waals surface area contributed by atoms with Crippen molar-refractivity contribution in [1.29, 1.82) is 0 Å². The van der Waals surface area contributed by atoms with Gasteiger partial charge in [-0.2, -0.15) is 0 Å². The van der Waals surface area contributed by atoms with Crippen LogP contribution in [0.3, 0.4) is 0 Å². The lowest BCUT2D eigenvalue weighted by atomic mass is 9.95. The molecule has 1 rings (SSSR count). The molecule has 0 aliphatic carbocycles. The third-order valence-electron chi connectivity index (χ3n) is 2.78. The van der Waals surface area contributed by atoms with Gasteiger partial charge in [0.2, 0.25) is 0 Å². The summed E-state index contributed by atoms with van der Waals surface area (Å²) in [6.45, 7) is 0. The summed E-state index contributed by atoms with van der Waals surface area (Å²) >= 11 is 17.4. The molecule has 1 aromatic carbocycles. The van der Waals surface area contributed by atoms with Gasteiger partial charge in [-0.25, -0.2) is 0 Å². The van der Waals surface area contributed by atoms with Crippen molar-refractivity contribution < 1.29 is 18.8 Å². The summed E-state index contributed by atoms with van der Waals surface area (Å²) < 4.78 is 4.88. The van der Waals surface area contributed by atoms with Crippen LogP contribution < -0.4 is 4.43 Å². The standard InChI is InChI=1S/C12H17Cl3O4Si/c13-6-3-9-1-2-12(19-20(16,17)18)11(5-8-15)10(9)4-7-14/h1-2,16-18H,3-8H2. The molecule has 0 unspecified atom stereocenters. The summed E-state index contributed by atoms with van der Waals surface area (Å²) in [6.07, 6.45) is 1.74. The summed E-state index contributed by atoms with van der Waals surface area (Å²) in [5, 5.41) is 0. The summed E-state index contributed by atoms with van der Waals surface area (Å²) in [4.78, 5) is 27.3. The average Bonchev–Trinajstić information content (AvgIpc) is 2.35. The highest BCUT2D eigenvalue weighted by Gasteiger charge is 2.34. The molecule has 0 amide bonds. The minimum absolute atomic E-state index is 0.225. The van der Waals surface area contributed by atoms with Crippen LogP contribution in [0.1, 0.15) is 16.7 Å². The maximum atomic E-state index is 9.10. The van der Waals surface area contributed by atoms with E-state index in [1.165, 1.54) is 0 Å². The highest BCUT2D eigenvalue weighted by Crippen LogP contribution is 2.29. The lowest BCUT2D eigenvalue weighted by molar-refractivity contribution is 0.128. The molecular formula is C12H17Cl3O4Si. The monoisotopic (exact) mass is 358 g/mol. The molecule has 20 heavy (non-hydrogen) atoms. The molecular weight excluding hydrogens is 343 g/mol. The van der Waals surface area contributed by atoms with Crippen LogP contribution in [0.25, 0.3) is 0 Å². The van der Waals surface area contributed by atoms with Gasteiger partial charge >= 0.3 is 9.05 Å². The lowest BCUT2D eigenvalue weighted by Gasteiger charge is -2.20. The molecule has 0 saturated heterocycles. The third kappa shape index (κ3) is 5.41. The second-order valence-corrected chi connectivity index (χ2v) is 6.66. The Balaban J connectivity index is 3.26. The predicted octanol–water partition coefficient (Wildman–Crippen LogP) is 1.82. The van der Waals surface area contributed by atoms with E-state index in [0.717, 1.165) is 16.7 Å². The maximum Gasteiger partial charge on any atom is 0.741 e. The van der Waals surface area contributed by atoms with Crippen LogP contribution in [-0.4, -0.2) is 41.1 Å². The van der Waals surface area contributed by atoms with Crippen molar-refractivity contribution >= 4 is 43.9 Å². The zero-order valence-corrected chi connectivity index (χ0v) is 14.0. The van der Waals surface area contributed by atoms with Gasteiger partial charge in [-0.1, -0.05) is 6.07 Å². The van der Waals surface area contributed by atoms with Crippen LogP contribution >= 0.6 is 34.8 Å². The Bertz CT molecular complexity index is 437. The van der Waals surface area contributed by atoms with E-state index < -0.39 is 9.05 Å². The van der Waals surface area contributed by atoms with Crippen molar-refractivity contribution in [2.75, 3.05) is 17.6 Å². The number of hydrogen-bond donors (Lipinski definition) is 3. The third-order valence-corrected chi connectivity index (χ3v) is 3.85. The normalized spacial score (nSPS) is 11.7. The van der Waals surface area contributed by atoms with Crippen molar-refractivity contribution in [3.05, 3.63) is 28.8 Å². The van der Waals surface area contributed by atoms with Gasteiger partial charge in [0.05, 0.1) is 0 Å². The molecule has 0 bridgehead atoms. The Labute approximate surface area is 134 Å². The van der Waals surface area contributed by atoms with Crippen LogP contribution in [-0.2, 0) is 19.3 Å². The molecule has 0 aromatic heterocycles. The first-order valence-electron chi connectivity index (χ1n) is 6.10. The molecule has 3 N–H and O–H groups in total. The van der Waals surface area contributed by atoms with E-state index in [-0.39, 0.29) is 5.75 Å². The second-order valence-electron chi connectivity index (χ2n) is 4.17. The van der Waals surface area contributed by atoms with E-state index in [1.807, 2.05) is 0 Å². The average molecular weight is 360 g/mol. The molecule has 0 heterocycles. The first-order valence-corrected chi connectivity index (χ1v) is 9.46. The SMILES string of the molecule is O[Si](O)(O)Oc1ccc(CCCl)c(CCCl)c1CCCl. The van der Waals surface area contributed by atoms with Crippen molar-refractivity contribution in [1.82, 2.24) is 0 Å². The smallest absolute Gasteiger partial charge is 0.480 e. The van der Waals surface area contributed by atoms with Gasteiger partial charge in [-0.05, 0) is 42.0 Å². The first kappa shape index (κ1) is 18.0. The molecule has 0 aliphatic heterocycles. The zero-order chi connectivity index (χ0) is 15.2. The van der Waals surface area contributed by atoms with E-state index in [0.29, 0.717) is 36.9 Å². The second kappa shape index (κ2) is 8.43. The highest BCUT2D eigenvalue weighted by molar-refractivity contribution is 6.49. The molecule has 0 fully saturated rings. The highest BCUT2D eigenvalue weighted by atomic mass is 35.5. The summed E-state index contributed by atoms with van der Waals surface area (Å²) in [6, 6.07) is 3.38. The minimum Gasteiger partial charge on any atom is -0.480 e. The minimum atomic E-state index is -4.64. The van der Waals surface area contributed by atoms with Gasteiger partial charge < -0.3 is 18.8 Å².